The number of carbonyl (C=O) groups is 1. The van der Waals surface area contributed by atoms with Gasteiger partial charge < -0.3 is 4.84 Å². The number of hydrogen-bond acceptors (Lipinski definition) is 3. The molecule has 0 saturated carbocycles. The van der Waals surface area contributed by atoms with E-state index >= 15 is 0 Å². The Morgan fingerprint density at radius 3 is 2.33 bits per heavy atom. The van der Waals surface area contributed by atoms with Gasteiger partial charge in [0.25, 0.3) is 0 Å². The lowest BCUT2D eigenvalue weighted by Gasteiger charge is -2.29. The van der Waals surface area contributed by atoms with Gasteiger partial charge in [-0.3, -0.25) is 4.79 Å². The first-order valence-electron chi connectivity index (χ1n) is 8.77. The van der Waals surface area contributed by atoms with Crippen LogP contribution in [0.4, 0.5) is 0 Å². The van der Waals surface area contributed by atoms with Gasteiger partial charge in [-0.25, -0.2) is 0 Å². The summed E-state index contributed by atoms with van der Waals surface area (Å²) in [6.07, 6.45) is 0.531. The molecule has 134 valence electrons. The zero-order valence-electron chi connectivity index (χ0n) is 14.9. The summed E-state index contributed by atoms with van der Waals surface area (Å²) in [7, 11) is 0. The molecule has 3 nitrogen and oxygen atoms in total. The highest BCUT2D eigenvalue weighted by atomic mass is 35.5. The second-order valence-corrected chi connectivity index (χ2v) is 7.04. The predicted octanol–water partition coefficient (Wildman–Crippen LogP) is 5.61. The van der Waals surface area contributed by atoms with Crippen LogP contribution in [0.15, 0.2) is 84.0 Å². The summed E-state index contributed by atoms with van der Waals surface area (Å²) in [5, 5.41) is 5.06. The smallest absolute Gasteiger partial charge is 0.194 e. The van der Waals surface area contributed by atoms with Crippen LogP contribution in [0.3, 0.4) is 0 Å². The van der Waals surface area contributed by atoms with Crippen molar-refractivity contribution in [3.8, 4) is 0 Å². The SMILES string of the molecule is CC(=O)c1ccccc1C1(c2ccc(Cl)cc2)CC(c2ccccc2)=NO1. The Kier molecular flexibility index (Phi) is 4.54. The van der Waals surface area contributed by atoms with Crippen molar-refractivity contribution in [3.05, 3.63) is 106 Å². The largest absolute Gasteiger partial charge is 0.379 e. The summed E-state index contributed by atoms with van der Waals surface area (Å²) in [4.78, 5) is 18.4. The summed E-state index contributed by atoms with van der Waals surface area (Å²) in [5.41, 5.74) is 3.36. The third kappa shape index (κ3) is 3.15. The Hall–Kier alpha value is -2.91. The summed E-state index contributed by atoms with van der Waals surface area (Å²) < 4.78 is 0. The maximum atomic E-state index is 12.3. The van der Waals surface area contributed by atoms with Crippen molar-refractivity contribution in [1.29, 1.82) is 0 Å². The molecule has 4 heteroatoms. The molecule has 1 atom stereocenters. The van der Waals surface area contributed by atoms with Gasteiger partial charge in [0.1, 0.15) is 0 Å². The Morgan fingerprint density at radius 2 is 1.63 bits per heavy atom. The van der Waals surface area contributed by atoms with Crippen molar-refractivity contribution >= 4 is 23.1 Å². The highest BCUT2D eigenvalue weighted by molar-refractivity contribution is 6.30. The number of nitrogens with zero attached hydrogens (tertiary/aromatic N) is 1. The van der Waals surface area contributed by atoms with Gasteiger partial charge in [0, 0.05) is 28.1 Å². The van der Waals surface area contributed by atoms with E-state index in [4.69, 9.17) is 16.4 Å². The summed E-state index contributed by atoms with van der Waals surface area (Å²) in [6.45, 7) is 1.57. The van der Waals surface area contributed by atoms with Crippen LogP contribution in [0, 0.1) is 0 Å². The van der Waals surface area contributed by atoms with Gasteiger partial charge in [0.2, 0.25) is 0 Å². The fraction of sp³-hybridized carbons (Fsp3) is 0.130. The first-order chi connectivity index (χ1) is 13.1. The van der Waals surface area contributed by atoms with E-state index in [0.717, 1.165) is 22.4 Å². The van der Waals surface area contributed by atoms with Crippen molar-refractivity contribution < 1.29 is 9.63 Å². The van der Waals surface area contributed by atoms with Crippen LogP contribution in [-0.4, -0.2) is 11.5 Å². The maximum absolute atomic E-state index is 12.3. The van der Waals surface area contributed by atoms with Gasteiger partial charge in [0.15, 0.2) is 11.4 Å². The highest BCUT2D eigenvalue weighted by Crippen LogP contribution is 2.44. The molecule has 1 aliphatic heterocycles. The topological polar surface area (TPSA) is 38.7 Å². The van der Waals surface area contributed by atoms with E-state index in [2.05, 4.69) is 5.16 Å². The van der Waals surface area contributed by atoms with Crippen LogP contribution >= 0.6 is 11.6 Å². The molecule has 1 heterocycles. The first kappa shape index (κ1) is 17.5. The monoisotopic (exact) mass is 375 g/mol. The van der Waals surface area contributed by atoms with Crippen molar-refractivity contribution in [1.82, 2.24) is 0 Å². The van der Waals surface area contributed by atoms with E-state index in [1.165, 1.54) is 0 Å². The molecule has 0 amide bonds. The number of ketones is 1. The Morgan fingerprint density at radius 1 is 0.963 bits per heavy atom. The quantitative estimate of drug-likeness (QED) is 0.556. The molecule has 0 bridgehead atoms. The van der Waals surface area contributed by atoms with Crippen LogP contribution < -0.4 is 0 Å². The van der Waals surface area contributed by atoms with E-state index in [1.807, 2.05) is 78.9 Å². The van der Waals surface area contributed by atoms with Gasteiger partial charge >= 0.3 is 0 Å². The minimum atomic E-state index is -0.863. The number of benzene rings is 3. The van der Waals surface area contributed by atoms with Crippen LogP contribution in [-0.2, 0) is 10.4 Å². The van der Waals surface area contributed by atoms with Crippen molar-refractivity contribution in [3.63, 3.8) is 0 Å². The first-order valence-corrected chi connectivity index (χ1v) is 9.15. The molecule has 0 aliphatic carbocycles. The van der Waals surface area contributed by atoms with Gasteiger partial charge in [-0.1, -0.05) is 83.5 Å². The molecule has 0 aromatic heterocycles. The van der Waals surface area contributed by atoms with Crippen LogP contribution in [0.2, 0.25) is 5.02 Å². The third-order valence-corrected chi connectivity index (χ3v) is 5.14. The number of carbonyl (C=O) groups excluding carboxylic acids is 1. The molecule has 4 rings (SSSR count). The van der Waals surface area contributed by atoms with Gasteiger partial charge in [-0.15, -0.1) is 0 Å². The highest BCUT2D eigenvalue weighted by Gasteiger charge is 2.44. The second-order valence-electron chi connectivity index (χ2n) is 6.61. The molecular formula is C23H18ClNO2. The normalized spacial score (nSPS) is 18.7. The molecule has 0 radical (unpaired) electrons. The maximum Gasteiger partial charge on any atom is 0.194 e. The molecule has 0 fully saturated rings. The average molecular weight is 376 g/mol. The van der Waals surface area contributed by atoms with E-state index in [0.29, 0.717) is 17.0 Å². The molecule has 1 unspecified atom stereocenters. The molecule has 0 N–H and O–H groups in total. The van der Waals surface area contributed by atoms with Gasteiger partial charge in [-0.2, -0.15) is 0 Å². The van der Waals surface area contributed by atoms with Crippen molar-refractivity contribution in [2.45, 2.75) is 18.9 Å². The van der Waals surface area contributed by atoms with E-state index < -0.39 is 5.60 Å². The van der Waals surface area contributed by atoms with Crippen LogP contribution in [0.1, 0.15) is 40.4 Å². The average Bonchev–Trinajstić information content (AvgIpc) is 3.16. The van der Waals surface area contributed by atoms with E-state index in [9.17, 15) is 4.79 Å². The Labute approximate surface area is 163 Å². The molecule has 0 saturated heterocycles. The molecular weight excluding hydrogens is 358 g/mol. The zero-order valence-corrected chi connectivity index (χ0v) is 15.6. The van der Waals surface area contributed by atoms with Gasteiger partial charge in [-0.05, 0) is 24.6 Å². The Balaban J connectivity index is 1.86. The lowest BCUT2D eigenvalue weighted by atomic mass is 9.79. The summed E-state index contributed by atoms with van der Waals surface area (Å²) in [5.74, 6) is -0.00398. The number of rotatable bonds is 4. The molecule has 0 spiro atoms. The number of Topliss-reactive ketones (excluding diaryl/α,β-unsaturated/α-hetero) is 1. The lowest BCUT2D eigenvalue weighted by molar-refractivity contribution is 0.0106. The molecule has 27 heavy (non-hydrogen) atoms. The second kappa shape index (κ2) is 7.01. The predicted molar refractivity (Wildman–Crippen MR) is 107 cm³/mol. The number of halogens is 1. The van der Waals surface area contributed by atoms with Crippen LogP contribution in [0.25, 0.3) is 0 Å². The van der Waals surface area contributed by atoms with Crippen molar-refractivity contribution in [2.75, 3.05) is 0 Å². The molecule has 3 aromatic carbocycles. The molecule has 1 aliphatic rings. The lowest BCUT2D eigenvalue weighted by Crippen LogP contribution is -2.30. The van der Waals surface area contributed by atoms with Gasteiger partial charge in [0.05, 0.1) is 5.71 Å². The Bertz CT molecular complexity index is 1010. The fourth-order valence-electron chi connectivity index (χ4n) is 3.53. The fourth-order valence-corrected chi connectivity index (χ4v) is 3.66. The summed E-state index contributed by atoms with van der Waals surface area (Å²) in [6, 6.07) is 25.0. The van der Waals surface area contributed by atoms with E-state index in [-0.39, 0.29) is 5.78 Å². The van der Waals surface area contributed by atoms with E-state index in [1.54, 1.807) is 6.92 Å². The standard InChI is InChI=1S/C23H18ClNO2/c1-16(26)20-9-5-6-10-21(20)23(18-11-13-19(24)14-12-18)15-22(25-27-23)17-7-3-2-4-8-17/h2-14H,15H2,1H3. The number of oxime groups is 1. The van der Waals surface area contributed by atoms with Crippen molar-refractivity contribution in [2.24, 2.45) is 5.16 Å². The number of hydrogen-bond donors (Lipinski definition) is 0. The minimum Gasteiger partial charge on any atom is -0.379 e. The van der Waals surface area contributed by atoms with Crippen LogP contribution in [0.5, 0.6) is 0 Å². The summed E-state index contributed by atoms with van der Waals surface area (Å²) >= 11 is 6.09. The third-order valence-electron chi connectivity index (χ3n) is 4.89. The molecule has 3 aromatic rings. The minimum absolute atomic E-state index is 0.00398. The zero-order chi connectivity index (χ0) is 18.9.